The molecular formula is C16H15F5IN3O. The topological polar surface area (TPSA) is 59.6 Å². The fraction of sp³-hybridized carbons (Fsp3) is 0.188. The Hall–Kier alpha value is -2.11. The number of nitrogens with zero attached hydrogens (tertiary/aromatic N) is 1. The van der Waals surface area contributed by atoms with Gasteiger partial charge in [-0.1, -0.05) is 12.1 Å². The highest BCUT2D eigenvalue weighted by Gasteiger charge is 2.32. The fourth-order valence-electron chi connectivity index (χ4n) is 1.99. The van der Waals surface area contributed by atoms with Gasteiger partial charge in [-0.05, 0) is 42.3 Å². The van der Waals surface area contributed by atoms with E-state index in [2.05, 4.69) is 15.0 Å². The zero-order chi connectivity index (χ0) is 18.4. The van der Waals surface area contributed by atoms with Crippen LogP contribution in [-0.2, 0) is 6.42 Å². The highest BCUT2D eigenvalue weighted by molar-refractivity contribution is 14.0. The zero-order valence-electron chi connectivity index (χ0n) is 13.2. The summed E-state index contributed by atoms with van der Waals surface area (Å²) in [6.07, 6.45) is -4.77. The van der Waals surface area contributed by atoms with Gasteiger partial charge in [0.1, 0.15) is 11.6 Å². The number of alkyl halides is 3. The van der Waals surface area contributed by atoms with Gasteiger partial charge in [-0.2, -0.15) is 0 Å². The molecule has 0 aliphatic carbocycles. The van der Waals surface area contributed by atoms with Crippen LogP contribution in [0.5, 0.6) is 5.75 Å². The molecule has 0 bridgehead atoms. The van der Waals surface area contributed by atoms with Gasteiger partial charge in [0.2, 0.25) is 0 Å². The summed E-state index contributed by atoms with van der Waals surface area (Å²) in [4.78, 5) is 3.88. The number of nitrogens with two attached hydrogens (primary N) is 1. The number of ether oxygens (including phenoxy) is 1. The van der Waals surface area contributed by atoms with Crippen molar-refractivity contribution in [1.29, 1.82) is 0 Å². The van der Waals surface area contributed by atoms with E-state index in [4.69, 9.17) is 5.73 Å². The van der Waals surface area contributed by atoms with Gasteiger partial charge in [-0.25, -0.2) is 8.78 Å². The SMILES string of the molecule is I.NC(=NCCc1cc(F)ccc1F)Nc1ccccc1OC(F)(F)F. The summed E-state index contributed by atoms with van der Waals surface area (Å²) in [6.45, 7) is 0.0154. The van der Waals surface area contributed by atoms with E-state index < -0.39 is 23.7 Å². The zero-order valence-corrected chi connectivity index (χ0v) is 15.5. The summed E-state index contributed by atoms with van der Waals surface area (Å²) >= 11 is 0. The smallest absolute Gasteiger partial charge is 0.404 e. The first-order valence-electron chi connectivity index (χ1n) is 7.10. The normalized spacial score (nSPS) is 11.7. The second-order valence-electron chi connectivity index (χ2n) is 4.92. The largest absolute Gasteiger partial charge is 0.573 e. The lowest BCUT2D eigenvalue weighted by Crippen LogP contribution is -2.25. The maximum atomic E-state index is 13.5. The Morgan fingerprint density at radius 3 is 2.50 bits per heavy atom. The van der Waals surface area contributed by atoms with Gasteiger partial charge in [0.15, 0.2) is 11.7 Å². The van der Waals surface area contributed by atoms with E-state index in [1.54, 1.807) is 0 Å². The molecule has 3 N–H and O–H groups in total. The molecule has 0 heterocycles. The van der Waals surface area contributed by atoms with E-state index in [1.807, 2.05) is 0 Å². The molecule has 142 valence electrons. The first-order valence-corrected chi connectivity index (χ1v) is 7.10. The van der Waals surface area contributed by atoms with Crippen LogP contribution in [-0.4, -0.2) is 18.9 Å². The Labute approximate surface area is 163 Å². The molecule has 0 aliphatic heterocycles. The third-order valence-corrected chi connectivity index (χ3v) is 3.05. The quantitative estimate of drug-likeness (QED) is 0.284. The monoisotopic (exact) mass is 487 g/mol. The molecule has 4 nitrogen and oxygen atoms in total. The lowest BCUT2D eigenvalue weighted by Gasteiger charge is -2.14. The Bertz CT molecular complexity index is 768. The number of rotatable bonds is 5. The number of nitrogens with one attached hydrogen (secondary N) is 1. The molecular weight excluding hydrogens is 472 g/mol. The highest BCUT2D eigenvalue weighted by atomic mass is 127. The molecule has 0 saturated carbocycles. The van der Waals surface area contributed by atoms with Crippen LogP contribution < -0.4 is 15.8 Å². The maximum Gasteiger partial charge on any atom is 0.573 e. The first kappa shape index (κ1) is 21.9. The lowest BCUT2D eigenvalue weighted by molar-refractivity contribution is -0.274. The number of hydrogen-bond acceptors (Lipinski definition) is 2. The molecule has 0 amide bonds. The number of halogens is 6. The van der Waals surface area contributed by atoms with Crippen molar-refractivity contribution in [2.24, 2.45) is 10.7 Å². The number of guanidine groups is 1. The molecule has 0 aliphatic rings. The Morgan fingerprint density at radius 2 is 1.81 bits per heavy atom. The molecule has 26 heavy (non-hydrogen) atoms. The van der Waals surface area contributed by atoms with E-state index in [-0.39, 0.29) is 54.2 Å². The van der Waals surface area contributed by atoms with Crippen molar-refractivity contribution in [3.8, 4) is 5.75 Å². The Balaban J connectivity index is 0.00000338. The summed E-state index contributed by atoms with van der Waals surface area (Å²) < 4.78 is 67.4. The molecule has 2 aromatic carbocycles. The minimum atomic E-state index is -4.85. The molecule has 0 spiro atoms. The standard InChI is InChI=1S/C16H14F5N3O.HI/c17-11-5-6-12(18)10(9-11)7-8-23-15(22)24-13-3-1-2-4-14(13)25-16(19,20)21;/h1-6,9H,7-8H2,(H3,22,23,24);1H. The number of aliphatic imine (C=N–C) groups is 1. The Kier molecular flexibility index (Phi) is 8.06. The van der Waals surface area contributed by atoms with Crippen LogP contribution in [0.25, 0.3) is 0 Å². The van der Waals surface area contributed by atoms with Gasteiger partial charge in [-0.3, -0.25) is 4.99 Å². The van der Waals surface area contributed by atoms with E-state index in [0.717, 1.165) is 24.3 Å². The van der Waals surface area contributed by atoms with Gasteiger partial charge < -0.3 is 15.8 Å². The van der Waals surface area contributed by atoms with Crippen molar-refractivity contribution in [1.82, 2.24) is 0 Å². The van der Waals surface area contributed by atoms with E-state index >= 15 is 0 Å². The minimum absolute atomic E-state index is 0. The predicted molar refractivity (Wildman–Crippen MR) is 98.7 cm³/mol. The number of benzene rings is 2. The third kappa shape index (κ3) is 7.02. The van der Waals surface area contributed by atoms with Crippen LogP contribution in [0.4, 0.5) is 27.6 Å². The van der Waals surface area contributed by atoms with E-state index in [0.29, 0.717) is 0 Å². The predicted octanol–water partition coefficient (Wildman–Crippen LogP) is 4.45. The van der Waals surface area contributed by atoms with Crippen molar-refractivity contribution >= 4 is 35.6 Å². The van der Waals surface area contributed by atoms with Crippen molar-refractivity contribution in [2.45, 2.75) is 12.8 Å². The molecule has 0 unspecified atom stereocenters. The van der Waals surface area contributed by atoms with Crippen LogP contribution in [0.3, 0.4) is 0 Å². The Morgan fingerprint density at radius 1 is 1.12 bits per heavy atom. The van der Waals surface area contributed by atoms with Gasteiger partial charge in [0, 0.05) is 6.54 Å². The van der Waals surface area contributed by atoms with Crippen molar-refractivity contribution in [3.63, 3.8) is 0 Å². The van der Waals surface area contributed by atoms with Crippen molar-refractivity contribution in [2.75, 3.05) is 11.9 Å². The molecule has 0 aromatic heterocycles. The summed E-state index contributed by atoms with van der Waals surface area (Å²) in [7, 11) is 0. The second kappa shape index (κ2) is 9.55. The summed E-state index contributed by atoms with van der Waals surface area (Å²) in [6, 6.07) is 8.34. The average molecular weight is 487 g/mol. The summed E-state index contributed by atoms with van der Waals surface area (Å²) in [5.74, 6) is -1.81. The van der Waals surface area contributed by atoms with E-state index in [9.17, 15) is 22.0 Å². The lowest BCUT2D eigenvalue weighted by atomic mass is 10.1. The van der Waals surface area contributed by atoms with Gasteiger partial charge >= 0.3 is 6.36 Å². The van der Waals surface area contributed by atoms with Gasteiger partial charge in [-0.15, -0.1) is 37.1 Å². The molecule has 10 heteroatoms. The number of para-hydroxylation sites is 2. The van der Waals surface area contributed by atoms with Gasteiger partial charge in [0.05, 0.1) is 5.69 Å². The highest BCUT2D eigenvalue weighted by Crippen LogP contribution is 2.29. The van der Waals surface area contributed by atoms with Crippen LogP contribution in [0, 0.1) is 11.6 Å². The third-order valence-electron chi connectivity index (χ3n) is 3.05. The van der Waals surface area contributed by atoms with Crippen LogP contribution in [0.15, 0.2) is 47.5 Å². The van der Waals surface area contributed by atoms with Crippen LogP contribution in [0.2, 0.25) is 0 Å². The summed E-state index contributed by atoms with van der Waals surface area (Å²) in [5.41, 5.74) is 5.70. The minimum Gasteiger partial charge on any atom is -0.404 e. The van der Waals surface area contributed by atoms with E-state index in [1.165, 1.54) is 18.2 Å². The number of hydrogen-bond donors (Lipinski definition) is 2. The molecule has 0 atom stereocenters. The van der Waals surface area contributed by atoms with Crippen molar-refractivity contribution < 1.29 is 26.7 Å². The molecule has 0 radical (unpaired) electrons. The molecule has 0 saturated heterocycles. The molecule has 2 aromatic rings. The van der Waals surface area contributed by atoms with Gasteiger partial charge in [0.25, 0.3) is 0 Å². The first-order chi connectivity index (χ1) is 11.7. The fourth-order valence-corrected chi connectivity index (χ4v) is 1.99. The number of anilines is 1. The summed E-state index contributed by atoms with van der Waals surface area (Å²) in [5, 5.41) is 2.48. The molecule has 0 fully saturated rings. The second-order valence-corrected chi connectivity index (χ2v) is 4.92. The average Bonchev–Trinajstić information content (AvgIpc) is 2.51. The van der Waals surface area contributed by atoms with Crippen molar-refractivity contribution in [3.05, 3.63) is 59.7 Å². The van der Waals surface area contributed by atoms with Crippen LogP contribution in [0.1, 0.15) is 5.56 Å². The maximum absolute atomic E-state index is 13.5. The molecule has 2 rings (SSSR count). The van der Waals surface area contributed by atoms with Crippen LogP contribution >= 0.6 is 24.0 Å².